The first kappa shape index (κ1) is 15.3. The number of ether oxygens (including phenoxy) is 1. The van der Waals surface area contributed by atoms with Crippen LogP contribution in [0.15, 0.2) is 18.2 Å². The number of nitrogen functional groups attached to an aromatic ring is 1. The minimum atomic E-state index is -0.361. The topological polar surface area (TPSA) is 55.6 Å². The van der Waals surface area contributed by atoms with E-state index in [0.29, 0.717) is 23.9 Å². The summed E-state index contributed by atoms with van der Waals surface area (Å²) in [6.07, 6.45) is 2.12. The molecule has 19 heavy (non-hydrogen) atoms. The lowest BCUT2D eigenvalue weighted by Crippen LogP contribution is -2.30. The van der Waals surface area contributed by atoms with Gasteiger partial charge in [0, 0.05) is 24.5 Å². The second-order valence-electron chi connectivity index (χ2n) is 4.57. The molecule has 1 aromatic carbocycles. The van der Waals surface area contributed by atoms with Crippen molar-refractivity contribution in [3.05, 3.63) is 23.8 Å². The Kier molecular flexibility index (Phi) is 5.67. The van der Waals surface area contributed by atoms with Crippen LogP contribution < -0.4 is 10.6 Å². The van der Waals surface area contributed by atoms with Crippen LogP contribution in [0.4, 0.5) is 11.4 Å². The maximum atomic E-state index is 11.8. The van der Waals surface area contributed by atoms with Crippen LogP contribution in [-0.4, -0.2) is 25.7 Å². The third kappa shape index (κ3) is 3.63. The summed E-state index contributed by atoms with van der Waals surface area (Å²) in [5, 5.41) is 0. The van der Waals surface area contributed by atoms with Crippen LogP contribution >= 0.6 is 0 Å². The molecule has 0 unspecified atom stereocenters. The van der Waals surface area contributed by atoms with E-state index in [9.17, 15) is 4.79 Å². The van der Waals surface area contributed by atoms with Gasteiger partial charge >= 0.3 is 5.97 Å². The first-order valence-corrected chi connectivity index (χ1v) is 6.84. The van der Waals surface area contributed by atoms with Crippen LogP contribution in [-0.2, 0) is 4.74 Å². The molecule has 106 valence electrons. The molecule has 0 atom stereocenters. The van der Waals surface area contributed by atoms with Gasteiger partial charge in [0.25, 0.3) is 0 Å². The van der Waals surface area contributed by atoms with Gasteiger partial charge in [-0.25, -0.2) is 4.79 Å². The van der Waals surface area contributed by atoms with Crippen LogP contribution in [0.5, 0.6) is 0 Å². The predicted octanol–water partition coefficient (Wildman–Crippen LogP) is 3.07. The van der Waals surface area contributed by atoms with Gasteiger partial charge in [-0.05, 0) is 38.0 Å². The number of esters is 1. The van der Waals surface area contributed by atoms with Crippen LogP contribution in [0.2, 0.25) is 0 Å². The summed E-state index contributed by atoms with van der Waals surface area (Å²) < 4.78 is 5.02. The summed E-state index contributed by atoms with van der Waals surface area (Å²) in [5.41, 5.74) is 7.73. The molecular formula is C15H24N2O2. The largest absolute Gasteiger partial charge is 0.462 e. The molecule has 0 spiro atoms. The molecule has 0 radical (unpaired) electrons. The highest BCUT2D eigenvalue weighted by Gasteiger charge is 2.16. The number of carbonyl (C=O) groups is 1. The Hall–Kier alpha value is -1.71. The van der Waals surface area contributed by atoms with E-state index in [2.05, 4.69) is 18.7 Å². The van der Waals surface area contributed by atoms with Gasteiger partial charge in [0.15, 0.2) is 0 Å². The molecule has 1 aromatic rings. The second-order valence-corrected chi connectivity index (χ2v) is 4.57. The molecule has 0 saturated heterocycles. The number of hydrogen-bond donors (Lipinski definition) is 1. The highest BCUT2D eigenvalue weighted by Crippen LogP contribution is 2.24. The van der Waals surface area contributed by atoms with Crippen molar-refractivity contribution < 1.29 is 9.53 Å². The van der Waals surface area contributed by atoms with Crippen molar-refractivity contribution in [2.45, 2.75) is 39.7 Å². The van der Waals surface area contributed by atoms with Crippen LogP contribution in [0.3, 0.4) is 0 Å². The van der Waals surface area contributed by atoms with Crippen molar-refractivity contribution in [3.8, 4) is 0 Å². The third-order valence-electron chi connectivity index (χ3n) is 3.43. The number of nitrogens with zero attached hydrogens (tertiary/aromatic N) is 1. The molecule has 0 bridgehead atoms. The lowest BCUT2D eigenvalue weighted by atomic mass is 10.1. The van der Waals surface area contributed by atoms with Gasteiger partial charge in [0.2, 0.25) is 0 Å². The lowest BCUT2D eigenvalue weighted by Gasteiger charge is -2.28. The summed E-state index contributed by atoms with van der Waals surface area (Å²) in [7, 11) is 2.04. The molecule has 0 aliphatic heterocycles. The van der Waals surface area contributed by atoms with Crippen molar-refractivity contribution in [1.29, 1.82) is 0 Å². The van der Waals surface area contributed by atoms with E-state index in [4.69, 9.17) is 10.5 Å². The lowest BCUT2D eigenvalue weighted by molar-refractivity contribution is 0.0527. The Labute approximate surface area is 115 Å². The van der Waals surface area contributed by atoms with E-state index in [-0.39, 0.29) is 5.97 Å². The Morgan fingerprint density at radius 3 is 2.47 bits per heavy atom. The average molecular weight is 264 g/mol. The molecule has 1 rings (SSSR count). The Morgan fingerprint density at radius 2 is 1.95 bits per heavy atom. The number of benzene rings is 1. The van der Waals surface area contributed by atoms with Crippen molar-refractivity contribution in [2.24, 2.45) is 0 Å². The summed E-state index contributed by atoms with van der Waals surface area (Å²) in [4.78, 5) is 14.0. The molecule has 4 nitrogen and oxygen atoms in total. The quantitative estimate of drug-likeness (QED) is 0.633. The van der Waals surface area contributed by atoms with Crippen molar-refractivity contribution >= 4 is 17.3 Å². The molecule has 0 fully saturated rings. The Morgan fingerprint density at radius 1 is 1.32 bits per heavy atom. The molecule has 0 saturated carbocycles. The van der Waals surface area contributed by atoms with Crippen LogP contribution in [0, 0.1) is 0 Å². The van der Waals surface area contributed by atoms with Gasteiger partial charge < -0.3 is 15.4 Å². The maximum absolute atomic E-state index is 11.8. The van der Waals surface area contributed by atoms with Crippen LogP contribution in [0.25, 0.3) is 0 Å². The maximum Gasteiger partial charge on any atom is 0.340 e. The average Bonchev–Trinajstić information content (AvgIpc) is 2.40. The molecule has 0 aliphatic carbocycles. The van der Waals surface area contributed by atoms with E-state index in [1.807, 2.05) is 19.2 Å². The molecule has 0 heterocycles. The standard InChI is InChI=1S/C15H24N2O2/c1-5-11(6-2)17(4)12-8-9-14(16)13(10-12)15(18)19-7-3/h8-11H,5-7,16H2,1-4H3. The number of rotatable bonds is 6. The molecule has 4 heteroatoms. The highest BCUT2D eigenvalue weighted by atomic mass is 16.5. The van der Waals surface area contributed by atoms with Crippen molar-refractivity contribution in [3.63, 3.8) is 0 Å². The predicted molar refractivity (Wildman–Crippen MR) is 79.6 cm³/mol. The monoisotopic (exact) mass is 264 g/mol. The van der Waals surface area contributed by atoms with Gasteiger partial charge in [0.05, 0.1) is 12.2 Å². The summed E-state index contributed by atoms with van der Waals surface area (Å²) in [5.74, 6) is -0.361. The van der Waals surface area contributed by atoms with E-state index < -0.39 is 0 Å². The number of anilines is 2. The van der Waals surface area contributed by atoms with Crippen molar-refractivity contribution in [2.75, 3.05) is 24.3 Å². The smallest absolute Gasteiger partial charge is 0.340 e. The van der Waals surface area contributed by atoms with Gasteiger partial charge in [-0.2, -0.15) is 0 Å². The van der Waals surface area contributed by atoms with E-state index in [1.54, 1.807) is 13.0 Å². The van der Waals surface area contributed by atoms with Crippen LogP contribution in [0.1, 0.15) is 44.0 Å². The zero-order valence-electron chi connectivity index (χ0n) is 12.3. The van der Waals surface area contributed by atoms with Crippen molar-refractivity contribution in [1.82, 2.24) is 0 Å². The van der Waals surface area contributed by atoms with Gasteiger partial charge in [-0.3, -0.25) is 0 Å². The number of hydrogen-bond acceptors (Lipinski definition) is 4. The zero-order chi connectivity index (χ0) is 14.4. The first-order chi connectivity index (χ1) is 9.04. The Bertz CT molecular complexity index is 428. The SMILES string of the molecule is CCOC(=O)c1cc(N(C)C(CC)CC)ccc1N. The second kappa shape index (κ2) is 7.02. The highest BCUT2D eigenvalue weighted by molar-refractivity contribution is 5.96. The Balaban J connectivity index is 3.04. The molecule has 0 amide bonds. The molecule has 2 N–H and O–H groups in total. The van der Waals surface area contributed by atoms with Gasteiger partial charge in [-0.15, -0.1) is 0 Å². The fraction of sp³-hybridized carbons (Fsp3) is 0.533. The molecular weight excluding hydrogens is 240 g/mol. The summed E-state index contributed by atoms with van der Waals surface area (Å²) in [6, 6.07) is 5.97. The minimum Gasteiger partial charge on any atom is -0.462 e. The fourth-order valence-electron chi connectivity index (χ4n) is 2.20. The number of carbonyl (C=O) groups excluding carboxylic acids is 1. The van der Waals surface area contributed by atoms with E-state index >= 15 is 0 Å². The molecule has 0 aliphatic rings. The van der Waals surface area contributed by atoms with Gasteiger partial charge in [-0.1, -0.05) is 13.8 Å². The van der Waals surface area contributed by atoms with E-state index in [0.717, 1.165) is 18.5 Å². The normalized spacial score (nSPS) is 10.6. The number of nitrogens with two attached hydrogens (primary N) is 1. The fourth-order valence-corrected chi connectivity index (χ4v) is 2.20. The summed E-state index contributed by atoms with van der Waals surface area (Å²) >= 11 is 0. The zero-order valence-corrected chi connectivity index (χ0v) is 12.3. The molecule has 0 aromatic heterocycles. The summed E-state index contributed by atoms with van der Waals surface area (Å²) in [6.45, 7) is 6.46. The third-order valence-corrected chi connectivity index (χ3v) is 3.43. The minimum absolute atomic E-state index is 0.352. The van der Waals surface area contributed by atoms with Gasteiger partial charge in [0.1, 0.15) is 0 Å². The first-order valence-electron chi connectivity index (χ1n) is 6.84. The van der Waals surface area contributed by atoms with E-state index in [1.165, 1.54) is 0 Å².